The Balaban J connectivity index is 1.60. The molecule has 0 aliphatic rings. The summed E-state index contributed by atoms with van der Waals surface area (Å²) in [6, 6.07) is 31.7. The molecule has 0 unspecified atom stereocenters. The number of anilines is 1. The van der Waals surface area contributed by atoms with E-state index in [1.54, 1.807) is 20.1 Å². The van der Waals surface area contributed by atoms with Gasteiger partial charge in [0, 0.05) is 35.8 Å². The Hall–Kier alpha value is -4.80. The fourth-order valence-corrected chi connectivity index (χ4v) is 6.40. The molecule has 208 valence electrons. The average molecular weight is 568 g/mol. The minimum absolute atomic E-state index is 0.0813. The number of hydrazone groups is 1. The molecule has 0 amide bonds. The summed E-state index contributed by atoms with van der Waals surface area (Å²) in [5.41, 5.74) is 7.16. The van der Waals surface area contributed by atoms with Crippen LogP contribution in [-0.2, 0) is 10.0 Å². The Kier molecular flexibility index (Phi) is 7.95. The van der Waals surface area contributed by atoms with E-state index in [9.17, 15) is 18.5 Å². The number of benzene rings is 4. The number of nitrogens with one attached hydrogen (secondary N) is 1. The van der Waals surface area contributed by atoms with Gasteiger partial charge in [-0.3, -0.25) is 15.5 Å². The predicted octanol–water partition coefficient (Wildman–Crippen LogP) is 6.68. The summed E-state index contributed by atoms with van der Waals surface area (Å²) in [4.78, 5) is 11.2. The van der Waals surface area contributed by atoms with Crippen molar-refractivity contribution >= 4 is 38.5 Å². The van der Waals surface area contributed by atoms with Gasteiger partial charge >= 0.3 is 0 Å². The number of rotatable bonds is 10. The highest BCUT2D eigenvalue weighted by Crippen LogP contribution is 2.36. The maximum Gasteiger partial charge on any atom is 0.295 e. The van der Waals surface area contributed by atoms with Crippen LogP contribution >= 0.6 is 0 Å². The fraction of sp³-hybridized carbons (Fsp3) is 0.129. The first kappa shape index (κ1) is 27.8. The van der Waals surface area contributed by atoms with Crippen molar-refractivity contribution in [3.63, 3.8) is 0 Å². The number of hydrogen-bond acceptors (Lipinski definition) is 6. The average Bonchev–Trinajstić information content (AvgIpc) is 3.32. The molecule has 5 aromatic rings. The van der Waals surface area contributed by atoms with Gasteiger partial charge in [0.15, 0.2) is 0 Å². The van der Waals surface area contributed by atoms with E-state index in [4.69, 9.17) is 0 Å². The quantitative estimate of drug-likeness (QED) is 0.115. The lowest BCUT2D eigenvalue weighted by Gasteiger charge is -2.18. The van der Waals surface area contributed by atoms with E-state index in [2.05, 4.69) is 15.1 Å². The first-order valence-corrected chi connectivity index (χ1v) is 14.6. The maximum absolute atomic E-state index is 12.9. The first-order chi connectivity index (χ1) is 19.9. The van der Waals surface area contributed by atoms with Gasteiger partial charge in [0.25, 0.3) is 5.69 Å². The van der Waals surface area contributed by atoms with Gasteiger partial charge < -0.3 is 4.57 Å². The van der Waals surface area contributed by atoms with Crippen LogP contribution in [0.1, 0.15) is 19.4 Å². The van der Waals surface area contributed by atoms with Gasteiger partial charge in [0.1, 0.15) is 5.69 Å². The maximum atomic E-state index is 12.9. The van der Waals surface area contributed by atoms with Crippen LogP contribution in [0.15, 0.2) is 113 Å². The molecule has 1 N–H and O–H groups in total. The second-order valence-corrected chi connectivity index (χ2v) is 11.1. The Morgan fingerprint density at radius 2 is 1.54 bits per heavy atom. The number of nitro groups is 1. The van der Waals surface area contributed by atoms with Crippen molar-refractivity contribution in [1.29, 1.82) is 0 Å². The van der Waals surface area contributed by atoms with Gasteiger partial charge in [-0.15, -0.1) is 0 Å². The van der Waals surface area contributed by atoms with Crippen molar-refractivity contribution in [3.8, 4) is 16.9 Å². The van der Waals surface area contributed by atoms with Crippen LogP contribution in [0.25, 0.3) is 27.8 Å². The molecular weight excluding hydrogens is 538 g/mol. The Bertz CT molecular complexity index is 1830. The monoisotopic (exact) mass is 567 g/mol. The smallest absolute Gasteiger partial charge is 0.295 e. The second kappa shape index (κ2) is 11.7. The largest absolute Gasteiger partial charge is 0.309 e. The lowest BCUT2D eigenvalue weighted by molar-refractivity contribution is -0.384. The molecule has 0 saturated carbocycles. The Morgan fingerprint density at radius 1 is 0.902 bits per heavy atom. The molecule has 0 aliphatic heterocycles. The van der Waals surface area contributed by atoms with E-state index >= 15 is 0 Å². The molecule has 1 heterocycles. The minimum Gasteiger partial charge on any atom is -0.309 e. The summed E-state index contributed by atoms with van der Waals surface area (Å²) in [5, 5.41) is 17.3. The molecule has 0 spiro atoms. The summed E-state index contributed by atoms with van der Waals surface area (Å²) < 4.78 is 29.3. The topological polar surface area (TPSA) is 110 Å². The molecule has 10 heteroatoms. The van der Waals surface area contributed by atoms with Crippen molar-refractivity contribution in [2.75, 3.05) is 18.5 Å². The zero-order chi connectivity index (χ0) is 29.0. The molecule has 0 aliphatic carbocycles. The van der Waals surface area contributed by atoms with E-state index in [0.717, 1.165) is 39.5 Å². The molecule has 0 atom stereocenters. The highest BCUT2D eigenvalue weighted by atomic mass is 32.2. The standard InChI is InChI=1S/C31H29N5O4S/c1-3-34(4-2)41(39,40)25-19-20-28(30(21-25)36(37)38)33-32-22-27-26-17-11-12-18-29(26)35(24-15-9-6-10-16-24)31(27)23-13-7-5-8-14-23/h5-22,33H,3-4H2,1-2H3/b32-22+. The molecule has 0 fully saturated rings. The number of sulfonamides is 1. The molecule has 0 saturated heterocycles. The fourth-order valence-electron chi connectivity index (χ4n) is 4.92. The van der Waals surface area contributed by atoms with E-state index in [-0.39, 0.29) is 29.4 Å². The number of para-hydroxylation sites is 2. The molecule has 1 aromatic heterocycles. The lowest BCUT2D eigenvalue weighted by atomic mass is 10.1. The van der Waals surface area contributed by atoms with Crippen molar-refractivity contribution in [3.05, 3.63) is 119 Å². The molecule has 0 radical (unpaired) electrons. The van der Waals surface area contributed by atoms with Crippen LogP contribution in [0, 0.1) is 10.1 Å². The van der Waals surface area contributed by atoms with Gasteiger partial charge in [-0.25, -0.2) is 8.42 Å². The Labute approximate surface area is 238 Å². The molecule has 5 rings (SSSR count). The highest BCUT2D eigenvalue weighted by Gasteiger charge is 2.26. The van der Waals surface area contributed by atoms with Crippen LogP contribution in [0.3, 0.4) is 0 Å². The third kappa shape index (κ3) is 5.34. The summed E-state index contributed by atoms with van der Waals surface area (Å²) >= 11 is 0. The predicted molar refractivity (Wildman–Crippen MR) is 163 cm³/mol. The third-order valence-corrected chi connectivity index (χ3v) is 8.91. The zero-order valence-corrected chi connectivity index (χ0v) is 23.5. The minimum atomic E-state index is -3.86. The van der Waals surface area contributed by atoms with Crippen LogP contribution < -0.4 is 5.43 Å². The van der Waals surface area contributed by atoms with Gasteiger partial charge in [0.05, 0.1) is 27.2 Å². The van der Waals surface area contributed by atoms with E-state index in [1.165, 1.54) is 16.4 Å². The van der Waals surface area contributed by atoms with Crippen molar-refractivity contribution in [1.82, 2.24) is 8.87 Å². The van der Waals surface area contributed by atoms with E-state index in [1.807, 2.05) is 84.9 Å². The van der Waals surface area contributed by atoms with Gasteiger partial charge in [-0.1, -0.05) is 80.6 Å². The molecule has 4 aromatic carbocycles. The summed E-state index contributed by atoms with van der Waals surface area (Å²) in [5.74, 6) is 0. The van der Waals surface area contributed by atoms with Crippen LogP contribution in [0.2, 0.25) is 0 Å². The van der Waals surface area contributed by atoms with E-state index in [0.29, 0.717) is 0 Å². The number of hydrogen-bond donors (Lipinski definition) is 1. The lowest BCUT2D eigenvalue weighted by Crippen LogP contribution is -2.30. The first-order valence-electron chi connectivity index (χ1n) is 13.2. The highest BCUT2D eigenvalue weighted by molar-refractivity contribution is 7.89. The molecule has 0 bridgehead atoms. The number of nitro benzene ring substituents is 1. The van der Waals surface area contributed by atoms with Gasteiger partial charge in [-0.2, -0.15) is 9.41 Å². The van der Waals surface area contributed by atoms with Gasteiger partial charge in [0.2, 0.25) is 10.0 Å². The van der Waals surface area contributed by atoms with Gasteiger partial charge in [-0.05, 0) is 35.9 Å². The second-order valence-electron chi connectivity index (χ2n) is 9.21. The van der Waals surface area contributed by atoms with Crippen LogP contribution in [0.5, 0.6) is 0 Å². The van der Waals surface area contributed by atoms with Crippen molar-refractivity contribution in [2.24, 2.45) is 5.10 Å². The number of aromatic nitrogens is 1. The summed E-state index contributed by atoms with van der Waals surface area (Å²) in [6.07, 6.45) is 1.65. The normalized spacial score (nSPS) is 11.9. The molecule has 41 heavy (non-hydrogen) atoms. The third-order valence-electron chi connectivity index (χ3n) is 6.86. The summed E-state index contributed by atoms with van der Waals surface area (Å²) in [7, 11) is -3.86. The van der Waals surface area contributed by atoms with Crippen LogP contribution in [-0.4, -0.2) is 41.5 Å². The molecular formula is C31H29N5O4S. The SMILES string of the molecule is CCN(CC)S(=O)(=O)c1ccc(N/N=C/c2c(-c3ccccc3)n(-c3ccccc3)c3ccccc23)c([N+](=O)[O-])c1. The molecule has 9 nitrogen and oxygen atoms in total. The van der Waals surface area contributed by atoms with Crippen molar-refractivity contribution < 1.29 is 13.3 Å². The number of fused-ring (bicyclic) bond motifs is 1. The van der Waals surface area contributed by atoms with E-state index < -0.39 is 14.9 Å². The van der Waals surface area contributed by atoms with Crippen molar-refractivity contribution in [2.45, 2.75) is 18.7 Å². The zero-order valence-electron chi connectivity index (χ0n) is 22.6. The summed E-state index contributed by atoms with van der Waals surface area (Å²) in [6.45, 7) is 3.96. The number of nitrogens with zero attached hydrogens (tertiary/aromatic N) is 4. The van der Waals surface area contributed by atoms with Crippen LogP contribution in [0.4, 0.5) is 11.4 Å². The Morgan fingerprint density at radius 3 is 2.20 bits per heavy atom.